The molecule has 92 valence electrons. The predicted molar refractivity (Wildman–Crippen MR) is 69.8 cm³/mol. The summed E-state index contributed by atoms with van der Waals surface area (Å²) in [5.41, 5.74) is 7.94. The molecule has 0 fully saturated rings. The highest BCUT2D eigenvalue weighted by molar-refractivity contribution is 5.68. The van der Waals surface area contributed by atoms with E-state index in [-0.39, 0.29) is 0 Å². The van der Waals surface area contributed by atoms with E-state index in [2.05, 4.69) is 11.4 Å². The number of benzene rings is 1. The number of nitrogens with zero attached hydrogens (tertiary/aromatic N) is 1. The number of nitrogens with two attached hydrogens (primary N) is 1. The smallest absolute Gasteiger partial charge is 0.0992 e. The standard InChI is InChI=1S/C13H19N3O/c1-17-8-4-2-3-7-16-13-6-5-11(10-14)9-12(13)15/h5-6,9,16H,2-4,7-8,15H2,1H3. The first-order valence-corrected chi connectivity index (χ1v) is 5.80. The molecule has 4 heteroatoms. The Morgan fingerprint density at radius 3 is 2.82 bits per heavy atom. The number of nitriles is 1. The Morgan fingerprint density at radius 1 is 1.35 bits per heavy atom. The van der Waals surface area contributed by atoms with Crippen molar-refractivity contribution in [3.05, 3.63) is 23.8 Å². The van der Waals surface area contributed by atoms with Crippen molar-refractivity contribution in [1.29, 1.82) is 5.26 Å². The summed E-state index contributed by atoms with van der Waals surface area (Å²) in [5, 5.41) is 12.0. The number of nitrogens with one attached hydrogen (secondary N) is 1. The SMILES string of the molecule is COCCCCCNc1ccc(C#N)cc1N. The van der Waals surface area contributed by atoms with Gasteiger partial charge in [-0.2, -0.15) is 5.26 Å². The molecule has 0 heterocycles. The van der Waals surface area contributed by atoms with E-state index in [0.29, 0.717) is 11.3 Å². The summed E-state index contributed by atoms with van der Waals surface area (Å²) in [7, 11) is 1.72. The first kappa shape index (κ1) is 13.3. The Labute approximate surface area is 102 Å². The van der Waals surface area contributed by atoms with E-state index in [1.165, 1.54) is 0 Å². The highest BCUT2D eigenvalue weighted by Crippen LogP contribution is 2.19. The van der Waals surface area contributed by atoms with E-state index in [1.54, 1.807) is 19.2 Å². The third-order valence-corrected chi connectivity index (χ3v) is 2.52. The number of hydrogen-bond donors (Lipinski definition) is 2. The number of anilines is 2. The number of unbranched alkanes of at least 4 members (excludes halogenated alkanes) is 2. The van der Waals surface area contributed by atoms with E-state index in [0.717, 1.165) is 38.1 Å². The van der Waals surface area contributed by atoms with Gasteiger partial charge < -0.3 is 15.8 Å². The van der Waals surface area contributed by atoms with Crippen molar-refractivity contribution in [3.8, 4) is 6.07 Å². The van der Waals surface area contributed by atoms with Crippen molar-refractivity contribution in [3.63, 3.8) is 0 Å². The molecule has 0 radical (unpaired) electrons. The van der Waals surface area contributed by atoms with Crippen LogP contribution >= 0.6 is 0 Å². The molecule has 0 aliphatic carbocycles. The molecule has 1 aromatic carbocycles. The summed E-state index contributed by atoms with van der Waals surface area (Å²) >= 11 is 0. The van der Waals surface area contributed by atoms with Gasteiger partial charge in [-0.15, -0.1) is 0 Å². The van der Waals surface area contributed by atoms with Crippen LogP contribution in [0.3, 0.4) is 0 Å². The second-order valence-electron chi connectivity index (χ2n) is 3.89. The van der Waals surface area contributed by atoms with Crippen LogP contribution in [0.1, 0.15) is 24.8 Å². The van der Waals surface area contributed by atoms with Gasteiger partial charge in [0.1, 0.15) is 0 Å². The molecule has 0 amide bonds. The van der Waals surface area contributed by atoms with Gasteiger partial charge in [-0.3, -0.25) is 0 Å². The lowest BCUT2D eigenvalue weighted by atomic mass is 10.2. The van der Waals surface area contributed by atoms with E-state index < -0.39 is 0 Å². The van der Waals surface area contributed by atoms with Crippen LogP contribution in [0.25, 0.3) is 0 Å². The lowest BCUT2D eigenvalue weighted by Gasteiger charge is -2.09. The third-order valence-electron chi connectivity index (χ3n) is 2.52. The fraction of sp³-hybridized carbons (Fsp3) is 0.462. The Morgan fingerprint density at radius 2 is 2.18 bits per heavy atom. The lowest BCUT2D eigenvalue weighted by molar-refractivity contribution is 0.192. The maximum absolute atomic E-state index is 8.71. The molecule has 0 bridgehead atoms. The summed E-state index contributed by atoms with van der Waals surface area (Å²) in [6.45, 7) is 1.71. The monoisotopic (exact) mass is 233 g/mol. The van der Waals surface area contributed by atoms with Crippen molar-refractivity contribution in [2.75, 3.05) is 31.3 Å². The average Bonchev–Trinajstić information content (AvgIpc) is 2.35. The molecule has 4 nitrogen and oxygen atoms in total. The normalized spacial score (nSPS) is 9.88. The number of hydrogen-bond acceptors (Lipinski definition) is 4. The summed E-state index contributed by atoms with van der Waals surface area (Å²) in [5.74, 6) is 0. The van der Waals surface area contributed by atoms with Gasteiger partial charge in [0, 0.05) is 20.3 Å². The first-order valence-electron chi connectivity index (χ1n) is 5.80. The van der Waals surface area contributed by atoms with Gasteiger partial charge in [0.25, 0.3) is 0 Å². The number of rotatable bonds is 7. The van der Waals surface area contributed by atoms with Crippen molar-refractivity contribution < 1.29 is 4.74 Å². The minimum atomic E-state index is 0.591. The molecule has 0 atom stereocenters. The molecule has 0 aliphatic heterocycles. The quantitative estimate of drug-likeness (QED) is 0.560. The molecule has 17 heavy (non-hydrogen) atoms. The lowest BCUT2D eigenvalue weighted by Crippen LogP contribution is -2.04. The van der Waals surface area contributed by atoms with Crippen LogP contribution in [0.5, 0.6) is 0 Å². The minimum absolute atomic E-state index is 0.591. The van der Waals surface area contributed by atoms with Crippen LogP contribution in [0.4, 0.5) is 11.4 Å². The Balaban J connectivity index is 2.30. The van der Waals surface area contributed by atoms with Crippen LogP contribution in [0, 0.1) is 11.3 Å². The molecule has 1 rings (SSSR count). The summed E-state index contributed by atoms with van der Waals surface area (Å²) in [6.07, 6.45) is 3.31. The second-order valence-corrected chi connectivity index (χ2v) is 3.89. The van der Waals surface area contributed by atoms with Gasteiger partial charge in [0.2, 0.25) is 0 Å². The fourth-order valence-electron chi connectivity index (χ4n) is 1.56. The molecule has 0 unspecified atom stereocenters. The molecule has 3 N–H and O–H groups in total. The van der Waals surface area contributed by atoms with Crippen LogP contribution in [0.2, 0.25) is 0 Å². The van der Waals surface area contributed by atoms with E-state index in [1.807, 2.05) is 6.07 Å². The van der Waals surface area contributed by atoms with E-state index >= 15 is 0 Å². The van der Waals surface area contributed by atoms with Crippen molar-refractivity contribution >= 4 is 11.4 Å². The Hall–Kier alpha value is -1.73. The fourth-order valence-corrected chi connectivity index (χ4v) is 1.56. The minimum Gasteiger partial charge on any atom is -0.397 e. The van der Waals surface area contributed by atoms with Gasteiger partial charge in [0.15, 0.2) is 0 Å². The summed E-state index contributed by atoms with van der Waals surface area (Å²) in [4.78, 5) is 0. The van der Waals surface area contributed by atoms with Crippen LogP contribution < -0.4 is 11.1 Å². The van der Waals surface area contributed by atoms with Gasteiger partial charge in [-0.1, -0.05) is 0 Å². The average molecular weight is 233 g/mol. The van der Waals surface area contributed by atoms with Gasteiger partial charge in [0.05, 0.1) is 23.0 Å². The largest absolute Gasteiger partial charge is 0.397 e. The zero-order chi connectivity index (χ0) is 12.5. The maximum atomic E-state index is 8.71. The molecular formula is C13H19N3O. The van der Waals surface area contributed by atoms with Crippen LogP contribution in [-0.4, -0.2) is 20.3 Å². The van der Waals surface area contributed by atoms with E-state index in [4.69, 9.17) is 15.7 Å². The van der Waals surface area contributed by atoms with Crippen molar-refractivity contribution in [2.45, 2.75) is 19.3 Å². The molecule has 0 spiro atoms. The molecule has 0 aliphatic rings. The second kappa shape index (κ2) is 7.53. The molecule has 0 saturated carbocycles. The number of nitrogen functional groups attached to an aromatic ring is 1. The summed E-state index contributed by atoms with van der Waals surface area (Å²) < 4.78 is 4.98. The Kier molecular flexibility index (Phi) is 5.91. The number of ether oxygens (including phenoxy) is 1. The molecular weight excluding hydrogens is 214 g/mol. The zero-order valence-electron chi connectivity index (χ0n) is 10.2. The summed E-state index contributed by atoms with van der Waals surface area (Å²) in [6, 6.07) is 7.37. The molecule has 1 aromatic rings. The maximum Gasteiger partial charge on any atom is 0.0992 e. The van der Waals surface area contributed by atoms with Gasteiger partial charge in [-0.05, 0) is 37.5 Å². The molecule has 0 aromatic heterocycles. The van der Waals surface area contributed by atoms with Crippen LogP contribution in [-0.2, 0) is 4.74 Å². The van der Waals surface area contributed by atoms with Crippen LogP contribution in [0.15, 0.2) is 18.2 Å². The zero-order valence-corrected chi connectivity index (χ0v) is 10.2. The topological polar surface area (TPSA) is 71.1 Å². The van der Waals surface area contributed by atoms with E-state index in [9.17, 15) is 0 Å². The highest BCUT2D eigenvalue weighted by Gasteiger charge is 1.99. The highest BCUT2D eigenvalue weighted by atomic mass is 16.5. The van der Waals surface area contributed by atoms with Crippen molar-refractivity contribution in [1.82, 2.24) is 0 Å². The van der Waals surface area contributed by atoms with Crippen molar-refractivity contribution in [2.24, 2.45) is 0 Å². The number of methoxy groups -OCH3 is 1. The van der Waals surface area contributed by atoms with Gasteiger partial charge >= 0.3 is 0 Å². The molecule has 0 saturated heterocycles. The van der Waals surface area contributed by atoms with Gasteiger partial charge in [-0.25, -0.2) is 0 Å². The predicted octanol–water partition coefficient (Wildman–Crippen LogP) is 2.37. The first-order chi connectivity index (χ1) is 8.27. The Bertz CT molecular complexity index is 385. The third kappa shape index (κ3) is 4.75.